The highest BCUT2D eigenvalue weighted by Gasteiger charge is 2.32. The Kier molecular flexibility index (Phi) is 7.80. The molecule has 1 aliphatic rings. The first kappa shape index (κ1) is 24.8. The van der Waals surface area contributed by atoms with Crippen LogP contribution >= 0.6 is 0 Å². The normalized spacial score (nSPS) is 18.7. The standard InChI is InChI=1S/C26H29N3O5S/c1-19-16-29(17-20(2)34-19)35(31,32)25-11-6-8-22(14-25)26(30)28-15-21-7-5-10-24(13-21)33-18-23-9-3-4-12-27-23/h3-14,19-20H,15-18H2,1-2H3,(H,28,30). The van der Waals surface area contributed by atoms with Gasteiger partial charge in [-0.3, -0.25) is 9.78 Å². The van der Waals surface area contributed by atoms with Crippen LogP contribution in [0.5, 0.6) is 5.75 Å². The molecule has 35 heavy (non-hydrogen) atoms. The van der Waals surface area contributed by atoms with E-state index in [0.717, 1.165) is 11.3 Å². The Balaban J connectivity index is 1.39. The summed E-state index contributed by atoms with van der Waals surface area (Å²) in [6.07, 6.45) is 1.33. The Bertz CT molecular complexity index is 1260. The Labute approximate surface area is 206 Å². The number of aromatic nitrogens is 1. The molecule has 2 atom stereocenters. The van der Waals surface area contributed by atoms with Gasteiger partial charge in [0.2, 0.25) is 10.0 Å². The molecule has 2 unspecified atom stereocenters. The van der Waals surface area contributed by atoms with Crippen molar-refractivity contribution in [3.05, 3.63) is 89.7 Å². The van der Waals surface area contributed by atoms with Crippen molar-refractivity contribution in [1.82, 2.24) is 14.6 Å². The van der Waals surface area contributed by atoms with Crippen LogP contribution in [0.1, 0.15) is 35.5 Å². The van der Waals surface area contributed by atoms with E-state index in [-0.39, 0.29) is 48.2 Å². The molecule has 1 saturated heterocycles. The summed E-state index contributed by atoms with van der Waals surface area (Å²) in [5, 5.41) is 2.85. The van der Waals surface area contributed by atoms with Crippen molar-refractivity contribution in [3.63, 3.8) is 0 Å². The van der Waals surface area contributed by atoms with Gasteiger partial charge in [0.1, 0.15) is 12.4 Å². The number of morpholine rings is 1. The minimum Gasteiger partial charge on any atom is -0.487 e. The topological polar surface area (TPSA) is 97.8 Å². The molecule has 0 radical (unpaired) electrons. The minimum absolute atomic E-state index is 0.0939. The largest absolute Gasteiger partial charge is 0.487 e. The zero-order valence-electron chi connectivity index (χ0n) is 19.8. The predicted molar refractivity (Wildman–Crippen MR) is 131 cm³/mol. The molecule has 0 bridgehead atoms. The number of nitrogens with one attached hydrogen (secondary N) is 1. The molecule has 1 N–H and O–H groups in total. The van der Waals surface area contributed by atoms with Gasteiger partial charge in [0.05, 0.1) is 22.8 Å². The summed E-state index contributed by atoms with van der Waals surface area (Å²) in [4.78, 5) is 17.1. The molecule has 2 heterocycles. The van der Waals surface area contributed by atoms with E-state index in [2.05, 4.69) is 10.3 Å². The second kappa shape index (κ2) is 11.0. The van der Waals surface area contributed by atoms with E-state index in [1.54, 1.807) is 18.3 Å². The van der Waals surface area contributed by atoms with Crippen LogP contribution in [0.2, 0.25) is 0 Å². The summed E-state index contributed by atoms with van der Waals surface area (Å²) in [5.41, 5.74) is 1.96. The zero-order chi connectivity index (χ0) is 24.8. The van der Waals surface area contributed by atoms with Gasteiger partial charge in [0.25, 0.3) is 5.91 Å². The smallest absolute Gasteiger partial charge is 0.251 e. The van der Waals surface area contributed by atoms with E-state index in [1.165, 1.54) is 16.4 Å². The molecular formula is C26H29N3O5S. The zero-order valence-corrected chi connectivity index (χ0v) is 20.6. The highest BCUT2D eigenvalue weighted by molar-refractivity contribution is 7.89. The summed E-state index contributed by atoms with van der Waals surface area (Å²) in [6, 6.07) is 19.2. The fourth-order valence-electron chi connectivity index (χ4n) is 3.94. The van der Waals surface area contributed by atoms with Gasteiger partial charge < -0.3 is 14.8 Å². The molecule has 9 heteroatoms. The summed E-state index contributed by atoms with van der Waals surface area (Å²) >= 11 is 0. The van der Waals surface area contributed by atoms with Crippen molar-refractivity contribution >= 4 is 15.9 Å². The number of nitrogens with zero attached hydrogens (tertiary/aromatic N) is 2. The third kappa shape index (κ3) is 6.45. The van der Waals surface area contributed by atoms with Gasteiger partial charge in [-0.2, -0.15) is 4.31 Å². The Morgan fingerprint density at radius 1 is 1.06 bits per heavy atom. The number of benzene rings is 2. The molecule has 0 spiro atoms. The van der Waals surface area contributed by atoms with Crippen molar-refractivity contribution in [1.29, 1.82) is 0 Å². The molecule has 2 aromatic carbocycles. The van der Waals surface area contributed by atoms with Crippen molar-refractivity contribution < 1.29 is 22.7 Å². The lowest BCUT2D eigenvalue weighted by atomic mass is 10.2. The average Bonchev–Trinajstić information content (AvgIpc) is 2.86. The lowest BCUT2D eigenvalue weighted by molar-refractivity contribution is -0.0440. The minimum atomic E-state index is -3.73. The van der Waals surface area contributed by atoms with Crippen LogP contribution < -0.4 is 10.1 Å². The van der Waals surface area contributed by atoms with Crippen molar-refractivity contribution in [2.24, 2.45) is 0 Å². The summed E-state index contributed by atoms with van der Waals surface area (Å²) in [6.45, 7) is 4.87. The summed E-state index contributed by atoms with van der Waals surface area (Å²) in [5.74, 6) is 0.315. The summed E-state index contributed by atoms with van der Waals surface area (Å²) < 4.78 is 39.2. The first-order chi connectivity index (χ1) is 16.8. The monoisotopic (exact) mass is 495 g/mol. The number of carbonyl (C=O) groups is 1. The van der Waals surface area contributed by atoms with Gasteiger partial charge in [0, 0.05) is 31.4 Å². The maximum absolute atomic E-state index is 13.2. The molecule has 4 rings (SSSR count). The van der Waals surface area contributed by atoms with Gasteiger partial charge in [-0.15, -0.1) is 0 Å². The molecule has 8 nitrogen and oxygen atoms in total. The molecular weight excluding hydrogens is 466 g/mol. The number of hydrogen-bond donors (Lipinski definition) is 1. The second-order valence-electron chi connectivity index (χ2n) is 8.55. The van der Waals surface area contributed by atoms with E-state index in [9.17, 15) is 13.2 Å². The maximum atomic E-state index is 13.2. The third-order valence-electron chi connectivity index (χ3n) is 5.58. The number of amides is 1. The second-order valence-corrected chi connectivity index (χ2v) is 10.5. The highest BCUT2D eigenvalue weighted by Crippen LogP contribution is 2.22. The van der Waals surface area contributed by atoms with E-state index in [0.29, 0.717) is 12.4 Å². The number of hydrogen-bond acceptors (Lipinski definition) is 6. The van der Waals surface area contributed by atoms with Gasteiger partial charge in [-0.1, -0.05) is 24.3 Å². The molecule has 0 saturated carbocycles. The van der Waals surface area contributed by atoms with Gasteiger partial charge in [0.15, 0.2) is 0 Å². The predicted octanol–water partition coefficient (Wildman–Crippen LogP) is 3.39. The third-order valence-corrected chi connectivity index (χ3v) is 7.41. The molecule has 0 aliphatic carbocycles. The molecule has 1 fully saturated rings. The van der Waals surface area contributed by atoms with Crippen LogP contribution in [0.3, 0.4) is 0 Å². The van der Waals surface area contributed by atoms with Crippen LogP contribution in [0.25, 0.3) is 0 Å². The number of carbonyl (C=O) groups excluding carboxylic acids is 1. The lowest BCUT2D eigenvalue weighted by Crippen LogP contribution is -2.48. The van der Waals surface area contributed by atoms with Crippen molar-refractivity contribution in [3.8, 4) is 5.75 Å². The highest BCUT2D eigenvalue weighted by atomic mass is 32.2. The molecule has 1 amide bonds. The van der Waals surface area contributed by atoms with Crippen molar-refractivity contribution in [2.45, 2.75) is 44.1 Å². The quantitative estimate of drug-likeness (QED) is 0.515. The fourth-order valence-corrected chi connectivity index (χ4v) is 5.58. The molecule has 1 aromatic heterocycles. The van der Waals surface area contributed by atoms with Gasteiger partial charge in [-0.05, 0) is 61.9 Å². The van der Waals surface area contributed by atoms with Crippen LogP contribution in [0.15, 0.2) is 77.8 Å². The number of ether oxygens (including phenoxy) is 2. The number of sulfonamides is 1. The summed E-state index contributed by atoms with van der Waals surface area (Å²) in [7, 11) is -3.73. The average molecular weight is 496 g/mol. The maximum Gasteiger partial charge on any atom is 0.251 e. The van der Waals surface area contributed by atoms with E-state index in [1.807, 2.05) is 56.3 Å². The van der Waals surface area contributed by atoms with Crippen LogP contribution in [-0.2, 0) is 27.9 Å². The van der Waals surface area contributed by atoms with E-state index in [4.69, 9.17) is 9.47 Å². The van der Waals surface area contributed by atoms with Gasteiger partial charge >= 0.3 is 0 Å². The Hall–Kier alpha value is -3.27. The molecule has 3 aromatic rings. The van der Waals surface area contributed by atoms with Crippen LogP contribution in [-0.4, -0.2) is 48.9 Å². The van der Waals surface area contributed by atoms with Gasteiger partial charge in [-0.25, -0.2) is 8.42 Å². The van der Waals surface area contributed by atoms with Crippen molar-refractivity contribution in [2.75, 3.05) is 13.1 Å². The van der Waals surface area contributed by atoms with E-state index >= 15 is 0 Å². The SMILES string of the molecule is CC1CN(S(=O)(=O)c2cccc(C(=O)NCc3cccc(OCc4ccccn4)c3)c2)CC(C)O1. The number of pyridine rings is 1. The molecule has 1 aliphatic heterocycles. The Morgan fingerprint density at radius 3 is 2.57 bits per heavy atom. The first-order valence-corrected chi connectivity index (χ1v) is 12.9. The number of rotatable bonds is 8. The van der Waals surface area contributed by atoms with Crippen LogP contribution in [0, 0.1) is 0 Å². The molecule has 184 valence electrons. The van der Waals surface area contributed by atoms with E-state index < -0.39 is 10.0 Å². The first-order valence-electron chi connectivity index (χ1n) is 11.5. The fraction of sp³-hybridized carbons (Fsp3) is 0.308. The van der Waals surface area contributed by atoms with Crippen LogP contribution in [0.4, 0.5) is 0 Å². The Morgan fingerprint density at radius 2 is 1.83 bits per heavy atom. The lowest BCUT2D eigenvalue weighted by Gasteiger charge is -2.34.